The average molecular weight is 203 g/mol. The van der Waals surface area contributed by atoms with E-state index < -0.39 is 0 Å². The number of rotatable bonds is 2. The smallest absolute Gasteiger partial charge is 0.0406 e. The fourth-order valence-electron chi connectivity index (χ4n) is 0.697. The lowest BCUT2D eigenvalue weighted by atomic mass is 10.4. The van der Waals surface area contributed by atoms with Crippen molar-refractivity contribution in [1.29, 1.82) is 0 Å². The van der Waals surface area contributed by atoms with Gasteiger partial charge in [-0.1, -0.05) is 32.4 Å². The van der Waals surface area contributed by atoms with E-state index in [0.717, 1.165) is 10.8 Å². The lowest BCUT2D eigenvalue weighted by Crippen LogP contribution is -1.70. The first-order chi connectivity index (χ1) is 5.83. The Balaban J connectivity index is 0.000000561. The van der Waals surface area contributed by atoms with E-state index in [1.807, 2.05) is 49.9 Å². The minimum atomic E-state index is 0.806. The summed E-state index contributed by atoms with van der Waals surface area (Å²) in [5.74, 6) is 1.11. The van der Waals surface area contributed by atoms with Gasteiger partial charge in [0, 0.05) is 9.92 Å². The maximum Gasteiger partial charge on any atom is 0.0406 e. The van der Waals surface area contributed by atoms with Crippen molar-refractivity contribution in [2.75, 3.05) is 5.75 Å². The fraction of sp³-hybridized carbons (Fsp3) is 0.400. The zero-order valence-corrected chi connectivity index (χ0v) is 9.38. The van der Waals surface area contributed by atoms with E-state index >= 15 is 0 Å². The molecule has 1 rings (SSSR count). The SMILES string of the molecule is CC.CCSc1ccc(Cl)cc1. The summed E-state index contributed by atoms with van der Waals surface area (Å²) in [6.45, 7) is 6.14. The molecule has 0 heterocycles. The molecule has 1 aromatic carbocycles. The molecule has 0 bridgehead atoms. The Morgan fingerprint density at radius 3 is 2.08 bits per heavy atom. The van der Waals surface area contributed by atoms with Crippen LogP contribution in [0.5, 0.6) is 0 Å². The Hall–Kier alpha value is -0.140. The molecule has 0 aliphatic carbocycles. The summed E-state index contributed by atoms with van der Waals surface area (Å²) in [6.07, 6.45) is 0. The second-order valence-electron chi connectivity index (χ2n) is 1.89. The summed E-state index contributed by atoms with van der Waals surface area (Å²) in [7, 11) is 0. The van der Waals surface area contributed by atoms with Gasteiger partial charge in [-0.3, -0.25) is 0 Å². The van der Waals surface area contributed by atoms with Crippen molar-refractivity contribution >= 4 is 23.4 Å². The molecule has 0 N–H and O–H groups in total. The van der Waals surface area contributed by atoms with Crippen LogP contribution in [-0.2, 0) is 0 Å². The summed E-state index contributed by atoms with van der Waals surface area (Å²) < 4.78 is 0. The molecule has 0 fully saturated rings. The summed E-state index contributed by atoms with van der Waals surface area (Å²) in [4.78, 5) is 1.28. The van der Waals surface area contributed by atoms with Crippen molar-refractivity contribution < 1.29 is 0 Å². The highest BCUT2D eigenvalue weighted by Gasteiger charge is 1.89. The zero-order chi connectivity index (χ0) is 9.40. The number of halogens is 1. The molecule has 0 atom stereocenters. The molecule has 0 radical (unpaired) electrons. The van der Waals surface area contributed by atoms with Gasteiger partial charge in [-0.05, 0) is 30.0 Å². The highest BCUT2D eigenvalue weighted by Crippen LogP contribution is 2.19. The van der Waals surface area contributed by atoms with Gasteiger partial charge in [0.2, 0.25) is 0 Å². The Bertz CT molecular complexity index is 193. The van der Waals surface area contributed by atoms with Gasteiger partial charge in [-0.25, -0.2) is 0 Å². The van der Waals surface area contributed by atoms with Crippen LogP contribution in [0.15, 0.2) is 29.2 Å². The maximum atomic E-state index is 5.70. The molecular weight excluding hydrogens is 188 g/mol. The van der Waals surface area contributed by atoms with Crippen molar-refractivity contribution in [3.63, 3.8) is 0 Å². The fourth-order valence-corrected chi connectivity index (χ4v) is 1.49. The molecule has 0 aliphatic heterocycles. The molecule has 1 aromatic rings. The van der Waals surface area contributed by atoms with E-state index in [0.29, 0.717) is 0 Å². The van der Waals surface area contributed by atoms with Crippen molar-refractivity contribution in [1.82, 2.24) is 0 Å². The van der Waals surface area contributed by atoms with Gasteiger partial charge >= 0.3 is 0 Å². The standard InChI is InChI=1S/C8H9ClS.C2H6/c1-2-10-8-5-3-7(9)4-6-8;1-2/h3-6H,2H2,1H3;1-2H3. The summed E-state index contributed by atoms with van der Waals surface area (Å²) >= 11 is 7.53. The molecule has 0 saturated heterocycles. The van der Waals surface area contributed by atoms with E-state index in [9.17, 15) is 0 Å². The largest absolute Gasteiger partial charge is 0.126 e. The second-order valence-corrected chi connectivity index (χ2v) is 3.66. The van der Waals surface area contributed by atoms with Gasteiger partial charge in [0.15, 0.2) is 0 Å². The number of benzene rings is 1. The Morgan fingerprint density at radius 2 is 1.67 bits per heavy atom. The first kappa shape index (κ1) is 11.9. The third-order valence-electron chi connectivity index (χ3n) is 1.12. The van der Waals surface area contributed by atoms with E-state index in [2.05, 4.69) is 6.92 Å². The van der Waals surface area contributed by atoms with E-state index in [4.69, 9.17) is 11.6 Å². The average Bonchev–Trinajstić information content (AvgIpc) is 2.13. The second kappa shape index (κ2) is 7.51. The van der Waals surface area contributed by atoms with Gasteiger partial charge in [0.05, 0.1) is 0 Å². The van der Waals surface area contributed by atoms with Crippen LogP contribution >= 0.6 is 23.4 Å². The summed E-state index contributed by atoms with van der Waals surface area (Å²) in [6, 6.07) is 7.91. The van der Waals surface area contributed by atoms with Crippen LogP contribution in [0.2, 0.25) is 5.02 Å². The normalized spacial score (nSPS) is 8.67. The van der Waals surface area contributed by atoms with Gasteiger partial charge < -0.3 is 0 Å². The van der Waals surface area contributed by atoms with E-state index in [-0.39, 0.29) is 0 Å². The molecule has 0 amide bonds. The lowest BCUT2D eigenvalue weighted by Gasteiger charge is -1.95. The summed E-state index contributed by atoms with van der Waals surface area (Å²) in [5, 5.41) is 0.806. The lowest BCUT2D eigenvalue weighted by molar-refractivity contribution is 1.43. The van der Waals surface area contributed by atoms with Crippen molar-refractivity contribution in [3.8, 4) is 0 Å². The zero-order valence-electron chi connectivity index (χ0n) is 7.80. The highest BCUT2D eigenvalue weighted by molar-refractivity contribution is 7.99. The molecule has 0 unspecified atom stereocenters. The van der Waals surface area contributed by atoms with Crippen LogP contribution in [0, 0.1) is 0 Å². The molecule has 0 nitrogen and oxygen atoms in total. The minimum Gasteiger partial charge on any atom is -0.126 e. The van der Waals surface area contributed by atoms with Crippen LogP contribution in [0.1, 0.15) is 20.8 Å². The van der Waals surface area contributed by atoms with Crippen LogP contribution in [0.4, 0.5) is 0 Å². The molecular formula is C10H15ClS. The van der Waals surface area contributed by atoms with E-state index in [1.165, 1.54) is 4.90 Å². The van der Waals surface area contributed by atoms with Crippen molar-refractivity contribution in [2.45, 2.75) is 25.7 Å². The minimum absolute atomic E-state index is 0.806. The van der Waals surface area contributed by atoms with E-state index in [1.54, 1.807) is 0 Å². The van der Waals surface area contributed by atoms with Crippen LogP contribution in [0.3, 0.4) is 0 Å². The number of thioether (sulfide) groups is 1. The predicted molar refractivity (Wildman–Crippen MR) is 59.2 cm³/mol. The van der Waals surface area contributed by atoms with Gasteiger partial charge in [-0.2, -0.15) is 0 Å². The topological polar surface area (TPSA) is 0 Å². The Morgan fingerprint density at radius 1 is 1.17 bits per heavy atom. The highest BCUT2D eigenvalue weighted by atomic mass is 35.5. The monoisotopic (exact) mass is 202 g/mol. The van der Waals surface area contributed by atoms with Crippen molar-refractivity contribution in [2.24, 2.45) is 0 Å². The van der Waals surface area contributed by atoms with Gasteiger partial charge in [0.25, 0.3) is 0 Å². The third-order valence-corrected chi connectivity index (χ3v) is 2.27. The summed E-state index contributed by atoms with van der Waals surface area (Å²) in [5.41, 5.74) is 0. The Labute approximate surface area is 84.3 Å². The molecule has 0 saturated carbocycles. The maximum absolute atomic E-state index is 5.70. The molecule has 12 heavy (non-hydrogen) atoms. The predicted octanol–water partition coefficient (Wildman–Crippen LogP) is 4.48. The van der Waals surface area contributed by atoms with Gasteiger partial charge in [-0.15, -0.1) is 11.8 Å². The molecule has 0 aliphatic rings. The Kier molecular flexibility index (Phi) is 7.42. The van der Waals surface area contributed by atoms with Crippen LogP contribution in [-0.4, -0.2) is 5.75 Å². The molecule has 0 aromatic heterocycles. The molecule has 0 spiro atoms. The first-order valence-electron chi connectivity index (χ1n) is 4.21. The third kappa shape index (κ3) is 4.68. The first-order valence-corrected chi connectivity index (χ1v) is 5.57. The molecule has 68 valence electrons. The van der Waals surface area contributed by atoms with Crippen LogP contribution in [0.25, 0.3) is 0 Å². The van der Waals surface area contributed by atoms with Crippen molar-refractivity contribution in [3.05, 3.63) is 29.3 Å². The van der Waals surface area contributed by atoms with Crippen LogP contribution < -0.4 is 0 Å². The number of hydrogen-bond acceptors (Lipinski definition) is 1. The van der Waals surface area contributed by atoms with Gasteiger partial charge in [0.1, 0.15) is 0 Å². The quantitative estimate of drug-likeness (QED) is 0.638. The molecule has 2 heteroatoms. The number of hydrogen-bond donors (Lipinski definition) is 0.